The standard InChI is InChI=1S/C14H20/c1-10(2)13-9-12(6-5-11(13)3)14(4)7-8-14/h5-6,9-10H,7-8H2,1-4H3. The van der Waals surface area contributed by atoms with Crippen molar-refractivity contribution in [3.05, 3.63) is 34.9 Å². The van der Waals surface area contributed by atoms with Crippen molar-refractivity contribution in [3.63, 3.8) is 0 Å². The Balaban J connectivity index is 2.41. The van der Waals surface area contributed by atoms with Crippen molar-refractivity contribution in [2.75, 3.05) is 0 Å². The molecule has 0 N–H and O–H groups in total. The van der Waals surface area contributed by atoms with Crippen LogP contribution in [0, 0.1) is 6.92 Å². The van der Waals surface area contributed by atoms with E-state index in [1.54, 1.807) is 5.56 Å². The van der Waals surface area contributed by atoms with Gasteiger partial charge in [0, 0.05) is 0 Å². The molecule has 0 aromatic heterocycles. The molecule has 76 valence electrons. The van der Waals surface area contributed by atoms with E-state index >= 15 is 0 Å². The Hall–Kier alpha value is -0.780. The van der Waals surface area contributed by atoms with Crippen LogP contribution in [0.1, 0.15) is 56.2 Å². The molecular formula is C14H20. The van der Waals surface area contributed by atoms with Gasteiger partial charge in [0.05, 0.1) is 0 Å². The van der Waals surface area contributed by atoms with Gasteiger partial charge in [-0.05, 0) is 47.8 Å². The van der Waals surface area contributed by atoms with Crippen molar-refractivity contribution in [2.24, 2.45) is 0 Å². The van der Waals surface area contributed by atoms with E-state index in [9.17, 15) is 0 Å². The van der Waals surface area contributed by atoms with Gasteiger partial charge in [-0.3, -0.25) is 0 Å². The Morgan fingerprint density at radius 2 is 1.86 bits per heavy atom. The molecule has 0 spiro atoms. The average Bonchev–Trinajstić information content (AvgIpc) is 2.85. The summed E-state index contributed by atoms with van der Waals surface area (Å²) in [5.74, 6) is 0.650. The van der Waals surface area contributed by atoms with Gasteiger partial charge in [-0.1, -0.05) is 39.0 Å². The lowest BCUT2D eigenvalue weighted by Crippen LogP contribution is -2.02. The van der Waals surface area contributed by atoms with Gasteiger partial charge in [-0.25, -0.2) is 0 Å². The summed E-state index contributed by atoms with van der Waals surface area (Å²) >= 11 is 0. The summed E-state index contributed by atoms with van der Waals surface area (Å²) in [6.07, 6.45) is 2.74. The van der Waals surface area contributed by atoms with Crippen molar-refractivity contribution in [2.45, 2.75) is 51.9 Å². The van der Waals surface area contributed by atoms with Crippen LogP contribution in [-0.2, 0) is 5.41 Å². The van der Waals surface area contributed by atoms with E-state index in [2.05, 4.69) is 45.9 Å². The fourth-order valence-electron chi connectivity index (χ4n) is 2.11. The lowest BCUT2D eigenvalue weighted by molar-refractivity contribution is 0.774. The van der Waals surface area contributed by atoms with Crippen LogP contribution >= 0.6 is 0 Å². The van der Waals surface area contributed by atoms with Crippen molar-refractivity contribution < 1.29 is 0 Å². The molecular weight excluding hydrogens is 168 g/mol. The zero-order chi connectivity index (χ0) is 10.3. The number of aryl methyl sites for hydroxylation is 1. The van der Waals surface area contributed by atoms with E-state index in [4.69, 9.17) is 0 Å². The number of hydrogen-bond donors (Lipinski definition) is 0. The molecule has 1 aromatic carbocycles. The fourth-order valence-corrected chi connectivity index (χ4v) is 2.11. The van der Waals surface area contributed by atoms with Gasteiger partial charge in [-0.2, -0.15) is 0 Å². The van der Waals surface area contributed by atoms with Crippen LogP contribution in [0.4, 0.5) is 0 Å². The molecule has 0 radical (unpaired) electrons. The highest BCUT2D eigenvalue weighted by Crippen LogP contribution is 2.48. The molecule has 0 amide bonds. The van der Waals surface area contributed by atoms with Gasteiger partial charge in [0.1, 0.15) is 0 Å². The van der Waals surface area contributed by atoms with Crippen LogP contribution in [0.15, 0.2) is 18.2 Å². The highest BCUT2D eigenvalue weighted by atomic mass is 14.4. The minimum atomic E-state index is 0.511. The number of benzene rings is 1. The summed E-state index contributed by atoms with van der Waals surface area (Å²) in [4.78, 5) is 0. The molecule has 1 aliphatic rings. The van der Waals surface area contributed by atoms with Gasteiger partial charge in [0.15, 0.2) is 0 Å². The molecule has 0 nitrogen and oxygen atoms in total. The Morgan fingerprint density at radius 3 is 2.36 bits per heavy atom. The average molecular weight is 188 g/mol. The number of hydrogen-bond acceptors (Lipinski definition) is 0. The van der Waals surface area contributed by atoms with E-state index in [1.807, 2.05) is 0 Å². The maximum atomic E-state index is 2.42. The van der Waals surface area contributed by atoms with Gasteiger partial charge in [0.25, 0.3) is 0 Å². The maximum Gasteiger partial charge on any atom is -0.00745 e. The highest BCUT2D eigenvalue weighted by molar-refractivity contribution is 5.39. The largest absolute Gasteiger partial charge is 0.0587 e. The molecule has 0 bridgehead atoms. The van der Waals surface area contributed by atoms with E-state index in [1.165, 1.54) is 24.0 Å². The predicted octanol–water partition coefficient (Wildman–Crippen LogP) is 4.17. The summed E-state index contributed by atoms with van der Waals surface area (Å²) in [6, 6.07) is 7.02. The lowest BCUT2D eigenvalue weighted by atomic mass is 9.90. The topological polar surface area (TPSA) is 0 Å². The van der Waals surface area contributed by atoms with Gasteiger partial charge in [0.2, 0.25) is 0 Å². The second kappa shape index (κ2) is 3.12. The molecule has 1 fully saturated rings. The second-order valence-electron chi connectivity index (χ2n) is 5.29. The first kappa shape index (κ1) is 9.76. The monoisotopic (exact) mass is 188 g/mol. The summed E-state index contributed by atoms with van der Waals surface area (Å²) < 4.78 is 0. The van der Waals surface area contributed by atoms with Crippen LogP contribution in [0.3, 0.4) is 0 Å². The quantitative estimate of drug-likeness (QED) is 0.653. The molecule has 0 heteroatoms. The van der Waals surface area contributed by atoms with Crippen LogP contribution in [0.5, 0.6) is 0 Å². The van der Waals surface area contributed by atoms with Crippen LogP contribution in [0.2, 0.25) is 0 Å². The molecule has 1 aromatic rings. The van der Waals surface area contributed by atoms with Crippen molar-refractivity contribution >= 4 is 0 Å². The number of rotatable bonds is 2. The van der Waals surface area contributed by atoms with E-state index in [-0.39, 0.29) is 0 Å². The predicted molar refractivity (Wildman–Crippen MR) is 61.9 cm³/mol. The summed E-state index contributed by atoms with van der Waals surface area (Å²) in [7, 11) is 0. The fraction of sp³-hybridized carbons (Fsp3) is 0.571. The molecule has 0 atom stereocenters. The van der Waals surface area contributed by atoms with Crippen molar-refractivity contribution in [1.82, 2.24) is 0 Å². The first-order valence-electron chi connectivity index (χ1n) is 5.64. The summed E-state index contributed by atoms with van der Waals surface area (Å²) in [6.45, 7) is 9.15. The molecule has 2 rings (SSSR count). The molecule has 0 unspecified atom stereocenters. The lowest BCUT2D eigenvalue weighted by Gasteiger charge is -2.15. The summed E-state index contributed by atoms with van der Waals surface area (Å²) in [5.41, 5.74) is 5.02. The Labute approximate surface area is 87.3 Å². The zero-order valence-corrected chi connectivity index (χ0v) is 9.72. The first-order valence-corrected chi connectivity index (χ1v) is 5.64. The van der Waals surface area contributed by atoms with Gasteiger partial charge >= 0.3 is 0 Å². The van der Waals surface area contributed by atoms with E-state index < -0.39 is 0 Å². The van der Waals surface area contributed by atoms with Gasteiger partial charge < -0.3 is 0 Å². The maximum absolute atomic E-state index is 2.42. The van der Waals surface area contributed by atoms with Crippen LogP contribution < -0.4 is 0 Å². The van der Waals surface area contributed by atoms with Gasteiger partial charge in [-0.15, -0.1) is 0 Å². The van der Waals surface area contributed by atoms with Crippen LogP contribution in [0.25, 0.3) is 0 Å². The normalized spacial score (nSPS) is 18.6. The Kier molecular flexibility index (Phi) is 2.17. The van der Waals surface area contributed by atoms with Crippen molar-refractivity contribution in [1.29, 1.82) is 0 Å². The third kappa shape index (κ3) is 1.58. The first-order chi connectivity index (χ1) is 6.53. The third-order valence-electron chi connectivity index (χ3n) is 3.60. The minimum Gasteiger partial charge on any atom is -0.0587 e. The molecule has 1 saturated carbocycles. The molecule has 1 aliphatic carbocycles. The highest BCUT2D eigenvalue weighted by Gasteiger charge is 2.39. The Morgan fingerprint density at radius 1 is 1.21 bits per heavy atom. The molecule has 14 heavy (non-hydrogen) atoms. The van der Waals surface area contributed by atoms with Crippen LogP contribution in [-0.4, -0.2) is 0 Å². The zero-order valence-electron chi connectivity index (χ0n) is 9.72. The molecule has 0 saturated heterocycles. The molecule has 0 heterocycles. The van der Waals surface area contributed by atoms with E-state index in [0.717, 1.165) is 0 Å². The molecule has 0 aliphatic heterocycles. The minimum absolute atomic E-state index is 0.511. The third-order valence-corrected chi connectivity index (χ3v) is 3.60. The van der Waals surface area contributed by atoms with E-state index in [0.29, 0.717) is 11.3 Å². The summed E-state index contributed by atoms with van der Waals surface area (Å²) in [5, 5.41) is 0. The van der Waals surface area contributed by atoms with Crippen molar-refractivity contribution in [3.8, 4) is 0 Å². The smallest absolute Gasteiger partial charge is 0.00745 e. The SMILES string of the molecule is Cc1ccc(C2(C)CC2)cc1C(C)C. The Bertz CT molecular complexity index is 343. The second-order valence-corrected chi connectivity index (χ2v) is 5.29.